The molecule has 0 aromatic carbocycles. The van der Waals surface area contributed by atoms with E-state index in [4.69, 9.17) is 24.7 Å². The van der Waals surface area contributed by atoms with Crippen LogP contribution in [0.25, 0.3) is 0 Å². The smallest absolute Gasteiger partial charge is 0.339 e. The minimum Gasteiger partial charge on any atom is -0.480 e. The molecule has 0 saturated heterocycles. The third-order valence-corrected chi connectivity index (χ3v) is 3.30. The van der Waals surface area contributed by atoms with Crippen molar-refractivity contribution in [1.29, 1.82) is 0 Å². The van der Waals surface area contributed by atoms with Crippen molar-refractivity contribution in [3.63, 3.8) is 0 Å². The SMILES string of the molecule is C[C@@H](O)[C@@H](C(=O)O)N(CP(=O)(O)O)CP(=O)(O)O. The van der Waals surface area contributed by atoms with Crippen LogP contribution in [-0.4, -0.2) is 65.4 Å². The van der Waals surface area contributed by atoms with Gasteiger partial charge in [0.05, 0.1) is 6.10 Å². The molecule has 0 radical (unpaired) electrons. The van der Waals surface area contributed by atoms with Crippen LogP contribution in [0.2, 0.25) is 0 Å². The van der Waals surface area contributed by atoms with Gasteiger partial charge in [0, 0.05) is 0 Å². The van der Waals surface area contributed by atoms with Gasteiger partial charge in [0.25, 0.3) is 0 Å². The Balaban J connectivity index is 5.23. The molecule has 10 nitrogen and oxygen atoms in total. The predicted octanol–water partition coefficient (Wildman–Crippen LogP) is -1.61. The summed E-state index contributed by atoms with van der Waals surface area (Å²) in [5.41, 5.74) is 0. The van der Waals surface area contributed by atoms with Crippen LogP contribution in [0, 0.1) is 0 Å². The molecule has 0 unspecified atom stereocenters. The van der Waals surface area contributed by atoms with Crippen LogP contribution >= 0.6 is 15.2 Å². The van der Waals surface area contributed by atoms with E-state index in [2.05, 4.69) is 0 Å². The summed E-state index contributed by atoms with van der Waals surface area (Å²) < 4.78 is 21.6. The first-order chi connectivity index (χ1) is 7.83. The Morgan fingerprint density at radius 3 is 1.61 bits per heavy atom. The van der Waals surface area contributed by atoms with E-state index in [1.165, 1.54) is 0 Å². The van der Waals surface area contributed by atoms with Crippen LogP contribution in [0.1, 0.15) is 6.92 Å². The number of hydrogen-bond acceptors (Lipinski definition) is 5. The molecule has 0 bridgehead atoms. The summed E-state index contributed by atoms with van der Waals surface area (Å²) in [6.07, 6.45) is -3.93. The van der Waals surface area contributed by atoms with Gasteiger partial charge in [-0.3, -0.25) is 18.8 Å². The number of aliphatic hydroxyl groups excluding tert-OH is 1. The topological polar surface area (TPSA) is 176 Å². The Kier molecular flexibility index (Phi) is 6.12. The lowest BCUT2D eigenvalue weighted by atomic mass is 10.2. The average molecular weight is 307 g/mol. The largest absolute Gasteiger partial charge is 0.480 e. The van der Waals surface area contributed by atoms with Gasteiger partial charge in [-0.15, -0.1) is 0 Å². The van der Waals surface area contributed by atoms with Crippen LogP contribution in [0.5, 0.6) is 0 Å². The van der Waals surface area contributed by atoms with E-state index in [1.807, 2.05) is 0 Å². The summed E-state index contributed by atoms with van der Waals surface area (Å²) in [5, 5.41) is 18.0. The maximum absolute atomic E-state index is 10.8. The van der Waals surface area contributed by atoms with Gasteiger partial charge in [-0.1, -0.05) is 0 Å². The van der Waals surface area contributed by atoms with Crippen LogP contribution in [0.4, 0.5) is 0 Å². The zero-order valence-corrected chi connectivity index (χ0v) is 11.1. The van der Waals surface area contributed by atoms with Crippen molar-refractivity contribution in [3.8, 4) is 0 Å². The van der Waals surface area contributed by atoms with Gasteiger partial charge in [0.1, 0.15) is 18.6 Å². The molecule has 0 amide bonds. The number of carboxylic acids is 1. The Bertz CT molecular complexity index is 361. The quantitative estimate of drug-likeness (QED) is 0.300. The Morgan fingerprint density at radius 2 is 1.44 bits per heavy atom. The number of carbonyl (C=O) groups is 1. The minimum absolute atomic E-state index is 0.356. The first kappa shape index (κ1) is 17.7. The first-order valence-electron chi connectivity index (χ1n) is 4.57. The molecule has 0 aromatic heterocycles. The second-order valence-corrected chi connectivity index (χ2v) is 6.95. The number of aliphatic hydroxyl groups is 1. The van der Waals surface area contributed by atoms with Gasteiger partial charge in [0.15, 0.2) is 0 Å². The third kappa shape index (κ3) is 7.20. The van der Waals surface area contributed by atoms with Crippen LogP contribution in [0.15, 0.2) is 0 Å². The molecule has 108 valence electrons. The van der Waals surface area contributed by atoms with Gasteiger partial charge in [-0.25, -0.2) is 0 Å². The fourth-order valence-electron chi connectivity index (χ4n) is 1.36. The third-order valence-electron chi connectivity index (χ3n) is 1.84. The van der Waals surface area contributed by atoms with E-state index in [0.29, 0.717) is 4.90 Å². The summed E-state index contributed by atoms with van der Waals surface area (Å²) in [6, 6.07) is -1.83. The highest BCUT2D eigenvalue weighted by molar-refractivity contribution is 7.52. The molecule has 0 aromatic rings. The molecule has 12 heteroatoms. The van der Waals surface area contributed by atoms with Crippen LogP contribution in [0.3, 0.4) is 0 Å². The van der Waals surface area contributed by atoms with Gasteiger partial charge >= 0.3 is 21.2 Å². The molecular formula is C6H15NO9P2. The molecule has 0 aliphatic carbocycles. The zero-order valence-electron chi connectivity index (χ0n) is 9.32. The van der Waals surface area contributed by atoms with Crippen molar-refractivity contribution in [2.45, 2.75) is 19.1 Å². The Morgan fingerprint density at radius 1 is 1.11 bits per heavy atom. The summed E-state index contributed by atoms with van der Waals surface area (Å²) in [7, 11) is -9.47. The number of aliphatic carboxylic acids is 1. The van der Waals surface area contributed by atoms with Crippen molar-refractivity contribution in [2.75, 3.05) is 12.6 Å². The molecule has 2 atom stereocenters. The maximum Gasteiger partial charge on any atom is 0.339 e. The normalized spacial score (nSPS) is 16.6. The molecule has 0 spiro atoms. The number of nitrogens with zero attached hydrogens (tertiary/aromatic N) is 1. The first-order valence-corrected chi connectivity index (χ1v) is 8.17. The summed E-state index contributed by atoms with van der Waals surface area (Å²) in [6.45, 7) is 1.03. The maximum atomic E-state index is 10.8. The minimum atomic E-state index is -4.73. The molecule has 0 fully saturated rings. The summed E-state index contributed by atoms with van der Waals surface area (Å²) in [5.74, 6) is -1.65. The fraction of sp³-hybridized carbons (Fsp3) is 0.833. The van der Waals surface area contributed by atoms with Crippen molar-refractivity contribution < 1.29 is 43.7 Å². The van der Waals surface area contributed by atoms with Gasteiger partial charge < -0.3 is 29.8 Å². The predicted molar refractivity (Wildman–Crippen MR) is 58.8 cm³/mol. The van der Waals surface area contributed by atoms with E-state index < -0.39 is 45.9 Å². The van der Waals surface area contributed by atoms with Crippen molar-refractivity contribution in [3.05, 3.63) is 0 Å². The average Bonchev–Trinajstić information content (AvgIpc) is 1.93. The molecule has 18 heavy (non-hydrogen) atoms. The lowest BCUT2D eigenvalue weighted by Gasteiger charge is -2.30. The van der Waals surface area contributed by atoms with Crippen molar-refractivity contribution in [1.82, 2.24) is 4.90 Å². The highest BCUT2D eigenvalue weighted by Gasteiger charge is 2.37. The molecule has 0 rings (SSSR count). The Hall–Kier alpha value is -0.310. The van der Waals surface area contributed by atoms with E-state index in [0.717, 1.165) is 6.92 Å². The molecule has 6 N–H and O–H groups in total. The van der Waals surface area contributed by atoms with E-state index in [9.17, 15) is 19.0 Å². The van der Waals surface area contributed by atoms with E-state index in [1.54, 1.807) is 0 Å². The van der Waals surface area contributed by atoms with Crippen molar-refractivity contribution >= 4 is 21.2 Å². The second-order valence-electron chi connectivity index (χ2n) is 3.72. The summed E-state index contributed by atoms with van der Waals surface area (Å²) in [4.78, 5) is 46.2. The van der Waals surface area contributed by atoms with Gasteiger partial charge in [0.2, 0.25) is 0 Å². The Labute approximate surface area is 102 Å². The fourth-order valence-corrected chi connectivity index (χ4v) is 3.02. The van der Waals surface area contributed by atoms with Gasteiger partial charge in [-0.05, 0) is 6.92 Å². The lowest BCUT2D eigenvalue weighted by molar-refractivity contribution is -0.146. The molecule has 0 heterocycles. The molecular weight excluding hydrogens is 292 g/mol. The summed E-state index contributed by atoms with van der Waals surface area (Å²) >= 11 is 0. The van der Waals surface area contributed by atoms with Gasteiger partial charge in [-0.2, -0.15) is 0 Å². The zero-order chi connectivity index (χ0) is 14.7. The lowest BCUT2D eigenvalue weighted by Crippen LogP contribution is -2.48. The molecule has 0 saturated carbocycles. The van der Waals surface area contributed by atoms with E-state index >= 15 is 0 Å². The number of rotatable bonds is 7. The highest BCUT2D eigenvalue weighted by atomic mass is 31.2. The number of hydrogen-bond donors (Lipinski definition) is 6. The highest BCUT2D eigenvalue weighted by Crippen LogP contribution is 2.41. The van der Waals surface area contributed by atoms with E-state index in [-0.39, 0.29) is 0 Å². The molecule has 0 aliphatic rings. The van der Waals surface area contributed by atoms with Crippen LogP contribution in [-0.2, 0) is 13.9 Å². The second kappa shape index (κ2) is 6.23. The standard InChI is InChI=1S/C6H15NO9P2/c1-4(8)5(6(9)10)7(2-17(11,12)13)3-18(14,15)16/h4-5,8H,2-3H2,1H3,(H,9,10)(H2,11,12,13)(H2,14,15,16)/t4-,5+/m1/s1. The van der Waals surface area contributed by atoms with Crippen molar-refractivity contribution in [2.24, 2.45) is 0 Å². The molecule has 0 aliphatic heterocycles. The van der Waals surface area contributed by atoms with Crippen LogP contribution < -0.4 is 0 Å². The monoisotopic (exact) mass is 307 g/mol. The number of carboxylic acid groups (broad SMARTS) is 1.